The smallest absolute Gasteiger partial charge is 0.299 e. The molecule has 0 bridgehead atoms. The van der Waals surface area contributed by atoms with E-state index in [0.717, 1.165) is 17.7 Å². The van der Waals surface area contributed by atoms with Crippen LogP contribution in [0, 0.1) is 0 Å². The van der Waals surface area contributed by atoms with Crippen LogP contribution in [0.3, 0.4) is 0 Å². The van der Waals surface area contributed by atoms with Gasteiger partial charge in [-0.2, -0.15) is 18.3 Å². The molecule has 0 N–H and O–H groups in total. The van der Waals surface area contributed by atoms with Crippen molar-refractivity contribution in [1.82, 2.24) is 19.3 Å². The molecule has 0 aliphatic rings. The van der Waals surface area contributed by atoms with Crippen molar-refractivity contribution in [2.45, 2.75) is 25.6 Å². The van der Waals surface area contributed by atoms with Crippen molar-refractivity contribution in [1.29, 1.82) is 0 Å². The summed E-state index contributed by atoms with van der Waals surface area (Å²) in [5.74, 6) is 0. The van der Waals surface area contributed by atoms with Crippen LogP contribution in [0.1, 0.15) is 17.5 Å². The Labute approximate surface area is 135 Å². The molecule has 126 valence electrons. The van der Waals surface area contributed by atoms with Crippen LogP contribution in [-0.2, 0) is 26.2 Å². The maximum Gasteiger partial charge on any atom is 0.416 e. The molecule has 3 aromatic rings. The Morgan fingerprint density at radius 2 is 1.88 bits per heavy atom. The van der Waals surface area contributed by atoms with Crippen molar-refractivity contribution in [3.05, 3.63) is 58.3 Å². The van der Waals surface area contributed by atoms with E-state index in [1.165, 1.54) is 33.9 Å². The highest BCUT2D eigenvalue weighted by molar-refractivity contribution is 5.72. The van der Waals surface area contributed by atoms with Crippen molar-refractivity contribution in [2.75, 3.05) is 0 Å². The van der Waals surface area contributed by atoms with Crippen LogP contribution in [0.4, 0.5) is 13.2 Å². The van der Waals surface area contributed by atoms with Crippen LogP contribution in [0.2, 0.25) is 0 Å². The quantitative estimate of drug-likeness (QED) is 0.736. The predicted molar refractivity (Wildman–Crippen MR) is 82.5 cm³/mol. The highest BCUT2D eigenvalue weighted by Crippen LogP contribution is 2.29. The van der Waals surface area contributed by atoms with Crippen LogP contribution in [0.25, 0.3) is 11.0 Å². The third-order valence-electron chi connectivity index (χ3n) is 3.86. The summed E-state index contributed by atoms with van der Waals surface area (Å²) in [4.78, 5) is 16.5. The maximum absolute atomic E-state index is 12.5. The molecular weight excluding hydrogens is 321 g/mol. The maximum atomic E-state index is 12.5. The van der Waals surface area contributed by atoms with Gasteiger partial charge in [0, 0.05) is 13.6 Å². The molecule has 0 amide bonds. The largest absolute Gasteiger partial charge is 0.416 e. The molecule has 0 radical (unpaired) electrons. The van der Waals surface area contributed by atoms with Gasteiger partial charge in [-0.25, -0.2) is 4.98 Å². The van der Waals surface area contributed by atoms with Crippen molar-refractivity contribution in [3.63, 3.8) is 0 Å². The number of fused-ring (bicyclic) bond motifs is 1. The molecule has 0 unspecified atom stereocenters. The molecule has 1 aromatic carbocycles. The SMILES string of the molecule is Cn1ncc2c(=O)n(CCCc3ccc(C(F)(F)F)cc3)cnc21. The number of hydrogen-bond acceptors (Lipinski definition) is 3. The van der Waals surface area contributed by atoms with Gasteiger partial charge < -0.3 is 0 Å². The van der Waals surface area contributed by atoms with Crippen LogP contribution >= 0.6 is 0 Å². The minimum atomic E-state index is -4.32. The third-order valence-corrected chi connectivity index (χ3v) is 3.86. The van der Waals surface area contributed by atoms with Crippen LogP contribution < -0.4 is 5.56 Å². The molecule has 24 heavy (non-hydrogen) atoms. The monoisotopic (exact) mass is 336 g/mol. The fourth-order valence-corrected chi connectivity index (χ4v) is 2.54. The van der Waals surface area contributed by atoms with Gasteiger partial charge in [0.1, 0.15) is 5.39 Å². The molecule has 2 aromatic heterocycles. The van der Waals surface area contributed by atoms with Gasteiger partial charge in [-0.3, -0.25) is 14.0 Å². The molecule has 0 fully saturated rings. The predicted octanol–water partition coefficient (Wildman–Crippen LogP) is 2.78. The molecule has 2 heterocycles. The first kappa shape index (κ1) is 16.2. The van der Waals surface area contributed by atoms with E-state index in [1.54, 1.807) is 7.05 Å². The second kappa shape index (κ2) is 6.10. The van der Waals surface area contributed by atoms with Crippen molar-refractivity contribution < 1.29 is 13.2 Å². The van der Waals surface area contributed by atoms with Gasteiger partial charge >= 0.3 is 6.18 Å². The first-order valence-electron chi connectivity index (χ1n) is 7.39. The number of hydrogen-bond donors (Lipinski definition) is 0. The number of alkyl halides is 3. The molecule has 0 saturated heterocycles. The van der Waals surface area contributed by atoms with Crippen molar-refractivity contribution in [3.8, 4) is 0 Å². The zero-order valence-corrected chi connectivity index (χ0v) is 12.9. The van der Waals surface area contributed by atoms with E-state index >= 15 is 0 Å². The second-order valence-corrected chi connectivity index (χ2v) is 5.55. The summed E-state index contributed by atoms with van der Waals surface area (Å²) < 4.78 is 40.6. The molecule has 0 spiro atoms. The molecule has 0 aliphatic heterocycles. The lowest BCUT2D eigenvalue weighted by Gasteiger charge is -2.08. The molecule has 8 heteroatoms. The number of aryl methyl sites for hydroxylation is 3. The Balaban J connectivity index is 1.66. The summed E-state index contributed by atoms with van der Waals surface area (Å²) in [5.41, 5.74) is 0.500. The summed E-state index contributed by atoms with van der Waals surface area (Å²) in [5, 5.41) is 4.46. The van der Waals surface area contributed by atoms with Crippen molar-refractivity contribution >= 4 is 11.0 Å². The number of halogens is 3. The highest BCUT2D eigenvalue weighted by atomic mass is 19.4. The van der Waals surface area contributed by atoms with E-state index in [2.05, 4.69) is 10.1 Å². The van der Waals surface area contributed by atoms with E-state index in [4.69, 9.17) is 0 Å². The summed E-state index contributed by atoms with van der Waals surface area (Å²) in [6.07, 6.45) is -0.166. The zero-order chi connectivity index (χ0) is 17.3. The van der Waals surface area contributed by atoms with E-state index in [-0.39, 0.29) is 5.56 Å². The Morgan fingerprint density at radius 3 is 2.54 bits per heavy atom. The molecular formula is C16H15F3N4O. The Hall–Kier alpha value is -2.64. The lowest BCUT2D eigenvalue weighted by atomic mass is 10.1. The number of aromatic nitrogens is 4. The number of nitrogens with zero attached hydrogens (tertiary/aromatic N) is 4. The first-order valence-corrected chi connectivity index (χ1v) is 7.39. The molecule has 0 saturated carbocycles. The molecule has 0 aliphatic carbocycles. The first-order chi connectivity index (χ1) is 11.4. The van der Waals surface area contributed by atoms with Gasteiger partial charge in [0.2, 0.25) is 0 Å². The third kappa shape index (κ3) is 3.17. The topological polar surface area (TPSA) is 52.7 Å². The fraction of sp³-hybridized carbons (Fsp3) is 0.312. The van der Waals surface area contributed by atoms with E-state index < -0.39 is 11.7 Å². The van der Waals surface area contributed by atoms with Crippen LogP contribution in [0.15, 0.2) is 41.6 Å². The van der Waals surface area contributed by atoms with E-state index in [1.807, 2.05) is 0 Å². The summed E-state index contributed by atoms with van der Waals surface area (Å²) in [7, 11) is 1.71. The fourth-order valence-electron chi connectivity index (χ4n) is 2.54. The lowest BCUT2D eigenvalue weighted by Crippen LogP contribution is -2.20. The van der Waals surface area contributed by atoms with Gasteiger partial charge in [0.25, 0.3) is 5.56 Å². The number of rotatable bonds is 4. The minimum Gasteiger partial charge on any atom is -0.299 e. The second-order valence-electron chi connectivity index (χ2n) is 5.55. The highest BCUT2D eigenvalue weighted by Gasteiger charge is 2.29. The van der Waals surface area contributed by atoms with Gasteiger partial charge in [-0.05, 0) is 30.5 Å². The van der Waals surface area contributed by atoms with Gasteiger partial charge in [0.05, 0.1) is 18.1 Å². The van der Waals surface area contributed by atoms with Gasteiger partial charge in [0.15, 0.2) is 5.65 Å². The van der Waals surface area contributed by atoms with Gasteiger partial charge in [-0.1, -0.05) is 12.1 Å². The van der Waals surface area contributed by atoms with Crippen LogP contribution in [0.5, 0.6) is 0 Å². The molecule has 5 nitrogen and oxygen atoms in total. The minimum absolute atomic E-state index is 0.166. The molecule has 0 atom stereocenters. The normalized spacial score (nSPS) is 12.0. The summed E-state index contributed by atoms with van der Waals surface area (Å²) in [6.45, 7) is 0.442. The average molecular weight is 336 g/mol. The lowest BCUT2D eigenvalue weighted by molar-refractivity contribution is -0.137. The zero-order valence-electron chi connectivity index (χ0n) is 12.9. The number of benzene rings is 1. The Morgan fingerprint density at radius 1 is 1.17 bits per heavy atom. The van der Waals surface area contributed by atoms with Gasteiger partial charge in [-0.15, -0.1) is 0 Å². The Kier molecular flexibility index (Phi) is 4.13. The average Bonchev–Trinajstić information content (AvgIpc) is 2.91. The molecule has 3 rings (SSSR count). The summed E-state index contributed by atoms with van der Waals surface area (Å²) in [6, 6.07) is 5.08. The summed E-state index contributed by atoms with van der Waals surface area (Å²) >= 11 is 0. The van der Waals surface area contributed by atoms with Crippen LogP contribution in [-0.4, -0.2) is 19.3 Å². The standard InChI is InChI=1S/C16H15F3N4O/c1-22-14-13(9-21-22)15(24)23(10-20-14)8-2-3-11-4-6-12(7-5-11)16(17,18)19/h4-7,9-10H,2-3,8H2,1H3. The van der Waals surface area contributed by atoms with Crippen molar-refractivity contribution in [2.24, 2.45) is 7.05 Å². The van der Waals surface area contributed by atoms with E-state index in [0.29, 0.717) is 30.4 Å². The Bertz CT molecular complexity index is 910. The van der Waals surface area contributed by atoms with E-state index in [9.17, 15) is 18.0 Å².